The van der Waals surface area contributed by atoms with Crippen LogP contribution in [0.5, 0.6) is 0 Å². The predicted molar refractivity (Wildman–Crippen MR) is 61.6 cm³/mol. The van der Waals surface area contributed by atoms with Crippen molar-refractivity contribution in [1.82, 2.24) is 0 Å². The third-order valence-electron chi connectivity index (χ3n) is 3.02. The molecular formula is C12H16N2O2. The zero-order valence-corrected chi connectivity index (χ0v) is 9.22. The topological polar surface area (TPSA) is 86.2 Å². The van der Waals surface area contributed by atoms with Crippen molar-refractivity contribution in [3.05, 3.63) is 35.9 Å². The van der Waals surface area contributed by atoms with Crippen LogP contribution in [0.3, 0.4) is 0 Å². The van der Waals surface area contributed by atoms with Crippen LogP contribution >= 0.6 is 0 Å². The molecule has 0 bridgehead atoms. The molecule has 0 radical (unpaired) electrons. The Hall–Kier alpha value is -1.52. The molecule has 0 aliphatic heterocycles. The lowest BCUT2D eigenvalue weighted by atomic mass is 9.70. The molecule has 4 nitrogen and oxygen atoms in total. The molecule has 0 heterocycles. The maximum atomic E-state index is 11.3. The van der Waals surface area contributed by atoms with Crippen molar-refractivity contribution in [2.75, 3.05) is 0 Å². The number of hydrogen-bond acceptors (Lipinski definition) is 4. The average Bonchev–Trinajstić information content (AvgIpc) is 2.32. The molecule has 0 fully saturated rings. The molecule has 0 aromatic heterocycles. The fraction of sp³-hybridized carbons (Fsp3) is 0.333. The van der Waals surface area contributed by atoms with Gasteiger partial charge in [-0.15, -0.1) is 0 Å². The fourth-order valence-electron chi connectivity index (χ4n) is 1.85. The summed E-state index contributed by atoms with van der Waals surface area (Å²) < 4.78 is 0. The average molecular weight is 220 g/mol. The number of hydrogen-bond donors (Lipinski definition) is 2. The first kappa shape index (κ1) is 12.5. The van der Waals surface area contributed by atoms with Crippen molar-refractivity contribution in [1.29, 1.82) is 0 Å². The van der Waals surface area contributed by atoms with E-state index in [0.29, 0.717) is 24.6 Å². The molecule has 1 unspecified atom stereocenters. The Kier molecular flexibility index (Phi) is 3.57. The van der Waals surface area contributed by atoms with E-state index in [-0.39, 0.29) is 0 Å². The summed E-state index contributed by atoms with van der Waals surface area (Å²) in [6, 6.07) is 8.88. The summed E-state index contributed by atoms with van der Waals surface area (Å²) in [5.74, 6) is 0. The van der Waals surface area contributed by atoms with E-state index in [9.17, 15) is 9.59 Å². The minimum absolute atomic E-state index is 0.367. The highest BCUT2D eigenvalue weighted by Gasteiger charge is 2.46. The lowest BCUT2D eigenvalue weighted by molar-refractivity contribution is -0.122. The molecule has 0 saturated carbocycles. The van der Waals surface area contributed by atoms with E-state index in [1.54, 1.807) is 31.2 Å². The van der Waals surface area contributed by atoms with E-state index < -0.39 is 11.1 Å². The zero-order chi connectivity index (χ0) is 12.2. The Morgan fingerprint density at radius 1 is 1.12 bits per heavy atom. The maximum absolute atomic E-state index is 11.3. The van der Waals surface area contributed by atoms with Crippen molar-refractivity contribution in [3.8, 4) is 0 Å². The molecule has 0 saturated heterocycles. The van der Waals surface area contributed by atoms with Crippen LogP contribution in [-0.4, -0.2) is 18.2 Å². The van der Waals surface area contributed by atoms with Gasteiger partial charge in [-0.2, -0.15) is 0 Å². The van der Waals surface area contributed by atoms with Gasteiger partial charge in [0.25, 0.3) is 0 Å². The summed E-state index contributed by atoms with van der Waals surface area (Å²) in [5.41, 5.74) is 9.25. The van der Waals surface area contributed by atoms with Crippen LogP contribution in [0.4, 0.5) is 0 Å². The lowest BCUT2D eigenvalue weighted by Crippen LogP contribution is -2.66. The Balaban J connectivity index is 3.38. The third kappa shape index (κ3) is 1.77. The van der Waals surface area contributed by atoms with Crippen LogP contribution in [0, 0.1) is 0 Å². The van der Waals surface area contributed by atoms with Gasteiger partial charge in [-0.05, 0) is 12.0 Å². The molecule has 0 amide bonds. The molecule has 1 aromatic carbocycles. The van der Waals surface area contributed by atoms with E-state index in [0.717, 1.165) is 0 Å². The van der Waals surface area contributed by atoms with E-state index in [2.05, 4.69) is 0 Å². The summed E-state index contributed by atoms with van der Waals surface area (Å²) in [6.45, 7) is 1.78. The molecule has 86 valence electrons. The summed E-state index contributed by atoms with van der Waals surface area (Å²) in [5, 5.41) is 0. The second-order valence-electron chi connectivity index (χ2n) is 3.86. The quantitative estimate of drug-likeness (QED) is 0.553. The standard InChI is InChI=1S/C12H16N2O2/c1-2-11(8-15,12(13,14)9-16)10-6-4-3-5-7-10/h3-9H,2,13-14H2,1H3. The normalized spacial score (nSPS) is 15.2. The number of carbonyl (C=O) groups excluding carboxylic acids is 2. The summed E-state index contributed by atoms with van der Waals surface area (Å²) in [6.07, 6.45) is 1.46. The van der Waals surface area contributed by atoms with Crippen molar-refractivity contribution in [2.24, 2.45) is 11.5 Å². The third-order valence-corrected chi connectivity index (χ3v) is 3.02. The van der Waals surface area contributed by atoms with Crippen molar-refractivity contribution in [3.63, 3.8) is 0 Å². The monoisotopic (exact) mass is 220 g/mol. The molecular weight excluding hydrogens is 204 g/mol. The molecule has 1 aromatic rings. The number of benzene rings is 1. The van der Waals surface area contributed by atoms with Crippen molar-refractivity contribution >= 4 is 12.6 Å². The molecule has 0 aliphatic carbocycles. The Morgan fingerprint density at radius 3 is 2.06 bits per heavy atom. The van der Waals surface area contributed by atoms with Crippen LogP contribution < -0.4 is 11.5 Å². The summed E-state index contributed by atoms with van der Waals surface area (Å²) in [7, 11) is 0. The van der Waals surface area contributed by atoms with Gasteiger partial charge in [-0.25, -0.2) is 0 Å². The van der Waals surface area contributed by atoms with Gasteiger partial charge in [0, 0.05) is 0 Å². The van der Waals surface area contributed by atoms with Gasteiger partial charge < -0.3 is 16.3 Å². The van der Waals surface area contributed by atoms with E-state index in [1.165, 1.54) is 0 Å². The number of carbonyl (C=O) groups is 2. The molecule has 16 heavy (non-hydrogen) atoms. The summed E-state index contributed by atoms with van der Waals surface area (Å²) >= 11 is 0. The van der Waals surface area contributed by atoms with Crippen LogP contribution in [0.2, 0.25) is 0 Å². The lowest BCUT2D eigenvalue weighted by Gasteiger charge is -2.38. The SMILES string of the molecule is CCC(C=O)(c1ccccc1)C(N)(N)C=O. The van der Waals surface area contributed by atoms with Crippen LogP contribution in [0.15, 0.2) is 30.3 Å². The zero-order valence-electron chi connectivity index (χ0n) is 9.22. The molecule has 1 rings (SSSR count). The molecule has 0 aliphatic rings. The Bertz CT molecular complexity index is 376. The molecule has 0 spiro atoms. The van der Waals surface area contributed by atoms with Gasteiger partial charge in [0.1, 0.15) is 11.9 Å². The van der Waals surface area contributed by atoms with Gasteiger partial charge in [-0.1, -0.05) is 37.3 Å². The van der Waals surface area contributed by atoms with Gasteiger partial charge >= 0.3 is 0 Å². The Morgan fingerprint density at radius 2 is 1.69 bits per heavy atom. The minimum Gasteiger partial charge on any atom is -0.306 e. The van der Waals surface area contributed by atoms with Crippen molar-refractivity contribution < 1.29 is 9.59 Å². The second kappa shape index (κ2) is 4.55. The predicted octanol–water partition coefficient (Wildman–Crippen LogP) is 0.346. The molecule has 1 atom stereocenters. The smallest absolute Gasteiger partial charge is 0.155 e. The Labute approximate surface area is 94.6 Å². The highest BCUT2D eigenvalue weighted by Crippen LogP contribution is 2.31. The van der Waals surface area contributed by atoms with Gasteiger partial charge in [0.05, 0.1) is 5.41 Å². The number of nitrogens with two attached hydrogens (primary N) is 2. The van der Waals surface area contributed by atoms with Crippen LogP contribution in [0.25, 0.3) is 0 Å². The molecule has 4 N–H and O–H groups in total. The van der Waals surface area contributed by atoms with Gasteiger partial charge in [0.15, 0.2) is 6.29 Å². The highest BCUT2D eigenvalue weighted by atomic mass is 16.1. The highest BCUT2D eigenvalue weighted by molar-refractivity contribution is 5.81. The van der Waals surface area contributed by atoms with Gasteiger partial charge in [0.2, 0.25) is 0 Å². The fourth-order valence-corrected chi connectivity index (χ4v) is 1.85. The van der Waals surface area contributed by atoms with Gasteiger partial charge in [-0.3, -0.25) is 4.79 Å². The van der Waals surface area contributed by atoms with Crippen molar-refractivity contribution in [2.45, 2.75) is 24.4 Å². The first-order valence-corrected chi connectivity index (χ1v) is 5.10. The first-order valence-electron chi connectivity index (χ1n) is 5.10. The summed E-state index contributed by atoms with van der Waals surface area (Å²) in [4.78, 5) is 22.3. The van der Waals surface area contributed by atoms with E-state index in [1.807, 2.05) is 6.07 Å². The first-order chi connectivity index (χ1) is 7.54. The van der Waals surface area contributed by atoms with Crippen LogP contribution in [-0.2, 0) is 15.0 Å². The second-order valence-corrected chi connectivity index (χ2v) is 3.86. The number of rotatable bonds is 5. The van der Waals surface area contributed by atoms with Crippen LogP contribution in [0.1, 0.15) is 18.9 Å². The number of aldehydes is 2. The maximum Gasteiger partial charge on any atom is 0.155 e. The molecule has 4 heteroatoms. The van der Waals surface area contributed by atoms with E-state index in [4.69, 9.17) is 11.5 Å². The minimum atomic E-state index is -1.69. The largest absolute Gasteiger partial charge is 0.306 e. The van der Waals surface area contributed by atoms with E-state index >= 15 is 0 Å².